The van der Waals surface area contributed by atoms with Gasteiger partial charge in [-0.15, -0.1) is 0 Å². The second kappa shape index (κ2) is 15.4. The average Bonchev–Trinajstić information content (AvgIpc) is 3.50. The number of nitrogens with two attached hydrogens (primary N) is 1. The fourth-order valence-corrected chi connectivity index (χ4v) is 6.90. The molecule has 0 spiro atoms. The van der Waals surface area contributed by atoms with Gasteiger partial charge in [-0.05, 0) is 61.4 Å². The molecule has 2 saturated heterocycles. The second-order valence-corrected chi connectivity index (χ2v) is 13.5. The van der Waals surface area contributed by atoms with Crippen LogP contribution in [0.4, 0.5) is 15.3 Å². The number of nitrogens with zero attached hydrogens (tertiary/aromatic N) is 2. The molecular weight excluding hydrogens is 572 g/mol. The number of ether oxygens (including phenoxy) is 3. The maximum absolute atomic E-state index is 13.9. The molecule has 2 fully saturated rings. The Morgan fingerprint density at radius 3 is 2.37 bits per heavy atom. The number of hydrogen-bond donors (Lipinski definition) is 2. The fraction of sp³-hybridized carbons (Fsp3) is 0.548. The largest absolute Gasteiger partial charge is 0.444 e. The minimum atomic E-state index is -4.01. The van der Waals surface area contributed by atoms with Gasteiger partial charge in [0.25, 0.3) is 0 Å². The van der Waals surface area contributed by atoms with Gasteiger partial charge in [-0.2, -0.15) is 4.31 Å². The van der Waals surface area contributed by atoms with Crippen molar-refractivity contribution >= 4 is 27.9 Å². The number of alkyl carbamates (subject to hydrolysis) is 1. The third kappa shape index (κ3) is 9.57. The number of rotatable bonds is 12. The van der Waals surface area contributed by atoms with Crippen LogP contribution < -0.4 is 11.1 Å². The molecule has 0 radical (unpaired) electrons. The van der Waals surface area contributed by atoms with Crippen LogP contribution in [-0.2, 0) is 30.7 Å². The third-order valence-corrected chi connectivity index (χ3v) is 9.39. The summed E-state index contributed by atoms with van der Waals surface area (Å²) in [6, 6.07) is 14.7. The number of nitrogens with one attached hydrogen (secondary N) is 1. The predicted octanol–water partition coefficient (Wildman–Crippen LogP) is 4.03. The van der Waals surface area contributed by atoms with Gasteiger partial charge in [0.1, 0.15) is 12.2 Å². The first kappa shape index (κ1) is 32.6. The van der Waals surface area contributed by atoms with Crippen molar-refractivity contribution in [2.45, 2.75) is 69.1 Å². The number of amides is 2. The number of hydrogen-bond acceptors (Lipinski definition) is 8. The molecule has 0 bridgehead atoms. The molecule has 11 nitrogen and oxygen atoms in total. The van der Waals surface area contributed by atoms with E-state index in [0.29, 0.717) is 38.4 Å². The number of carbonyl (C=O) groups is 2. The highest BCUT2D eigenvalue weighted by Crippen LogP contribution is 2.22. The van der Waals surface area contributed by atoms with E-state index in [-0.39, 0.29) is 36.4 Å². The number of anilines is 1. The zero-order chi connectivity index (χ0) is 30.8. The average molecular weight is 617 g/mol. The van der Waals surface area contributed by atoms with E-state index >= 15 is 0 Å². The Morgan fingerprint density at radius 2 is 1.74 bits per heavy atom. The summed E-state index contributed by atoms with van der Waals surface area (Å²) in [6.07, 6.45) is 1.03. The summed E-state index contributed by atoms with van der Waals surface area (Å²) < 4.78 is 46.3. The van der Waals surface area contributed by atoms with Gasteiger partial charge in [0.2, 0.25) is 10.0 Å². The summed E-state index contributed by atoms with van der Waals surface area (Å²) in [5.41, 5.74) is 7.15. The van der Waals surface area contributed by atoms with E-state index < -0.39 is 34.4 Å². The second-order valence-electron chi connectivity index (χ2n) is 11.6. The number of benzene rings is 2. The zero-order valence-electron chi connectivity index (χ0n) is 25.0. The summed E-state index contributed by atoms with van der Waals surface area (Å²) in [6.45, 7) is 5.78. The van der Waals surface area contributed by atoms with Crippen molar-refractivity contribution in [2.75, 3.05) is 45.1 Å². The summed E-state index contributed by atoms with van der Waals surface area (Å²) in [5, 5.41) is 2.91. The van der Waals surface area contributed by atoms with E-state index in [9.17, 15) is 18.0 Å². The van der Waals surface area contributed by atoms with Crippen molar-refractivity contribution in [1.29, 1.82) is 0 Å². The maximum Gasteiger partial charge on any atom is 0.410 e. The summed E-state index contributed by atoms with van der Waals surface area (Å²) in [4.78, 5) is 28.3. The predicted molar refractivity (Wildman–Crippen MR) is 163 cm³/mol. The standard InChI is InChI=1S/C31H44N4O7S/c1-23(2)20-35(43(38,39)27-13-11-25(32)12-14-27)21-29(42-31(37)34-16-7-4-8-17-34)28(19-24-9-5-3-6-10-24)33-30(36)41-26-15-18-40-22-26/h3,5-6,9-14,23,26,28-29H,4,7-8,15-22,32H2,1-2H3,(H,33,36)/t26-,28-,29+/m0/s1. The van der Waals surface area contributed by atoms with Crippen LogP contribution in [0.25, 0.3) is 0 Å². The lowest BCUT2D eigenvalue weighted by atomic mass is 10.0. The Hall–Kier alpha value is -3.35. The first-order valence-corrected chi connectivity index (χ1v) is 16.5. The van der Waals surface area contributed by atoms with Crippen LogP contribution >= 0.6 is 0 Å². The van der Waals surface area contributed by atoms with Gasteiger partial charge < -0.3 is 30.2 Å². The summed E-state index contributed by atoms with van der Waals surface area (Å²) in [7, 11) is -4.01. The number of carbonyl (C=O) groups excluding carboxylic acids is 2. The Bertz CT molecular complexity index is 1280. The Balaban J connectivity index is 1.67. The molecule has 0 unspecified atom stereocenters. The van der Waals surface area contributed by atoms with Crippen LogP contribution in [0, 0.1) is 5.92 Å². The smallest absolute Gasteiger partial charge is 0.410 e. The van der Waals surface area contributed by atoms with E-state index in [4.69, 9.17) is 19.9 Å². The van der Waals surface area contributed by atoms with Gasteiger partial charge in [0, 0.05) is 31.7 Å². The lowest BCUT2D eigenvalue weighted by molar-refractivity contribution is 0.0263. The normalized spacial score (nSPS) is 18.8. The number of nitrogen functional groups attached to an aromatic ring is 1. The molecule has 236 valence electrons. The van der Waals surface area contributed by atoms with Crippen molar-refractivity contribution in [3.05, 3.63) is 60.2 Å². The number of piperidine rings is 1. The van der Waals surface area contributed by atoms with Gasteiger partial charge in [0.05, 0.1) is 30.7 Å². The zero-order valence-corrected chi connectivity index (χ0v) is 25.8. The van der Waals surface area contributed by atoms with E-state index in [0.717, 1.165) is 24.8 Å². The Morgan fingerprint density at radius 1 is 1.05 bits per heavy atom. The van der Waals surface area contributed by atoms with Crippen molar-refractivity contribution in [2.24, 2.45) is 5.92 Å². The monoisotopic (exact) mass is 616 g/mol. The van der Waals surface area contributed by atoms with Crippen LogP contribution in [0.3, 0.4) is 0 Å². The molecule has 2 amide bonds. The fourth-order valence-electron chi connectivity index (χ4n) is 5.28. The molecule has 0 aromatic heterocycles. The molecule has 2 heterocycles. The van der Waals surface area contributed by atoms with Crippen molar-refractivity contribution in [3.8, 4) is 0 Å². The molecule has 2 aromatic rings. The molecule has 0 saturated carbocycles. The molecule has 2 aliphatic rings. The van der Waals surface area contributed by atoms with Gasteiger partial charge in [-0.3, -0.25) is 0 Å². The summed E-state index contributed by atoms with van der Waals surface area (Å²) >= 11 is 0. The quantitative estimate of drug-likeness (QED) is 0.341. The van der Waals surface area contributed by atoms with Crippen LogP contribution in [0.2, 0.25) is 0 Å². The first-order chi connectivity index (χ1) is 20.6. The first-order valence-electron chi connectivity index (χ1n) is 15.0. The van der Waals surface area contributed by atoms with Gasteiger partial charge >= 0.3 is 12.2 Å². The van der Waals surface area contributed by atoms with Crippen molar-refractivity contribution in [3.63, 3.8) is 0 Å². The summed E-state index contributed by atoms with van der Waals surface area (Å²) in [5.74, 6) is -0.0325. The molecule has 2 aromatic carbocycles. The van der Waals surface area contributed by atoms with E-state index in [1.807, 2.05) is 44.2 Å². The molecule has 43 heavy (non-hydrogen) atoms. The number of likely N-dealkylation sites (tertiary alicyclic amines) is 1. The van der Waals surface area contributed by atoms with Gasteiger partial charge in [-0.1, -0.05) is 44.2 Å². The van der Waals surface area contributed by atoms with Crippen molar-refractivity contribution < 1.29 is 32.2 Å². The lowest BCUT2D eigenvalue weighted by Crippen LogP contribution is -2.54. The lowest BCUT2D eigenvalue weighted by Gasteiger charge is -2.35. The molecule has 2 aliphatic heterocycles. The van der Waals surface area contributed by atoms with Crippen molar-refractivity contribution in [1.82, 2.24) is 14.5 Å². The molecule has 3 N–H and O–H groups in total. The topological polar surface area (TPSA) is 140 Å². The van der Waals surface area contributed by atoms with Crippen LogP contribution in [0.15, 0.2) is 59.5 Å². The molecule has 4 rings (SSSR count). The molecular formula is C31H44N4O7S. The van der Waals surface area contributed by atoms with E-state index in [2.05, 4.69) is 5.32 Å². The van der Waals surface area contributed by atoms with Crippen LogP contribution in [-0.4, -0.2) is 87.5 Å². The molecule has 12 heteroatoms. The van der Waals surface area contributed by atoms with Gasteiger partial charge in [-0.25, -0.2) is 18.0 Å². The highest BCUT2D eigenvalue weighted by molar-refractivity contribution is 7.89. The third-order valence-electron chi connectivity index (χ3n) is 7.55. The van der Waals surface area contributed by atoms with E-state index in [1.165, 1.54) is 28.6 Å². The molecule has 0 aliphatic carbocycles. The Kier molecular flexibility index (Phi) is 11.7. The highest BCUT2D eigenvalue weighted by Gasteiger charge is 2.36. The number of sulfonamides is 1. The molecule has 3 atom stereocenters. The van der Waals surface area contributed by atoms with Crippen LogP contribution in [0.1, 0.15) is 45.1 Å². The Labute approximate surface area is 254 Å². The highest BCUT2D eigenvalue weighted by atomic mass is 32.2. The minimum absolute atomic E-state index is 0.0325. The maximum atomic E-state index is 13.9. The van der Waals surface area contributed by atoms with E-state index in [1.54, 1.807) is 4.90 Å². The van der Waals surface area contributed by atoms with Gasteiger partial charge in [0.15, 0.2) is 0 Å². The minimum Gasteiger partial charge on any atom is -0.444 e. The van der Waals surface area contributed by atoms with Crippen LogP contribution in [0.5, 0.6) is 0 Å². The SMILES string of the molecule is CC(C)CN(C[C@@H](OC(=O)N1CCCCC1)[C@H](Cc1ccccc1)NC(=O)O[C@H]1CCOC1)S(=O)(=O)c1ccc(N)cc1.